The topological polar surface area (TPSA) is 59.1 Å². The molecule has 3 nitrogen and oxygen atoms in total. The second-order valence-electron chi connectivity index (χ2n) is 4.50. The van der Waals surface area contributed by atoms with Crippen molar-refractivity contribution in [2.24, 2.45) is 0 Å². The normalized spacial score (nSPS) is 13.2. The average molecular weight is 300 g/mol. The van der Waals surface area contributed by atoms with Crippen LogP contribution in [0, 0.1) is 5.82 Å². The Morgan fingerprint density at radius 2 is 1.95 bits per heavy atom. The maximum Gasteiger partial charge on any atom is 0.416 e. The molecule has 0 radical (unpaired) electrons. The summed E-state index contributed by atoms with van der Waals surface area (Å²) in [5.74, 6) is -0.883. The number of halogens is 4. The van der Waals surface area contributed by atoms with Crippen LogP contribution in [0.25, 0.3) is 0 Å². The smallest absolute Gasteiger partial charge is 0.388 e. The number of nitrogens with zero attached hydrogens (tertiary/aromatic N) is 1. The number of hydrogen-bond acceptors (Lipinski definition) is 3. The first-order valence-electron chi connectivity index (χ1n) is 6.03. The first-order valence-corrected chi connectivity index (χ1v) is 6.03. The summed E-state index contributed by atoms with van der Waals surface area (Å²) in [4.78, 5) is 3.80. The van der Waals surface area contributed by atoms with E-state index in [1.807, 2.05) is 0 Å². The summed E-state index contributed by atoms with van der Waals surface area (Å²) in [7, 11) is 0. The molecule has 112 valence electrons. The molecule has 0 amide bonds. The monoisotopic (exact) mass is 300 g/mol. The van der Waals surface area contributed by atoms with Crippen LogP contribution in [0.15, 0.2) is 36.5 Å². The van der Waals surface area contributed by atoms with Crippen molar-refractivity contribution in [1.29, 1.82) is 0 Å². The summed E-state index contributed by atoms with van der Waals surface area (Å²) in [6.45, 7) is 0. The van der Waals surface area contributed by atoms with Crippen LogP contribution in [-0.4, -0.2) is 10.1 Å². The van der Waals surface area contributed by atoms with Gasteiger partial charge in [0.05, 0.1) is 11.7 Å². The van der Waals surface area contributed by atoms with E-state index in [0.717, 1.165) is 12.1 Å². The Hall–Kier alpha value is -2.15. The maximum atomic E-state index is 13.0. The minimum absolute atomic E-state index is 0.132. The molecule has 21 heavy (non-hydrogen) atoms. The highest BCUT2D eigenvalue weighted by Gasteiger charge is 2.35. The van der Waals surface area contributed by atoms with Gasteiger partial charge in [0.1, 0.15) is 11.6 Å². The highest BCUT2D eigenvalue weighted by Crippen LogP contribution is 2.36. The number of nitrogens with two attached hydrogens (primary N) is 1. The molecule has 1 aromatic carbocycles. The number of rotatable bonds is 3. The number of pyridine rings is 1. The van der Waals surface area contributed by atoms with Crippen molar-refractivity contribution in [3.8, 4) is 0 Å². The number of aromatic nitrogens is 1. The number of anilines is 1. The second-order valence-corrected chi connectivity index (χ2v) is 4.50. The van der Waals surface area contributed by atoms with E-state index in [4.69, 9.17) is 5.73 Å². The van der Waals surface area contributed by atoms with Crippen molar-refractivity contribution in [2.75, 3.05) is 5.73 Å². The van der Waals surface area contributed by atoms with Crippen LogP contribution in [-0.2, 0) is 12.6 Å². The molecule has 3 N–H and O–H groups in total. The van der Waals surface area contributed by atoms with Crippen LogP contribution < -0.4 is 5.73 Å². The first kappa shape index (κ1) is 15.2. The average Bonchev–Trinajstić information content (AvgIpc) is 2.40. The molecule has 0 aliphatic carbocycles. The Balaban J connectivity index is 2.36. The molecule has 1 atom stereocenters. The van der Waals surface area contributed by atoms with Crippen molar-refractivity contribution in [1.82, 2.24) is 4.98 Å². The van der Waals surface area contributed by atoms with E-state index in [2.05, 4.69) is 4.98 Å². The van der Waals surface area contributed by atoms with E-state index in [0.29, 0.717) is 11.6 Å². The van der Waals surface area contributed by atoms with Gasteiger partial charge in [-0.25, -0.2) is 9.37 Å². The Morgan fingerprint density at radius 3 is 2.57 bits per heavy atom. The molecule has 0 saturated carbocycles. The van der Waals surface area contributed by atoms with Crippen LogP contribution in [0.1, 0.15) is 22.8 Å². The molecule has 7 heteroatoms. The highest BCUT2D eigenvalue weighted by atomic mass is 19.4. The second kappa shape index (κ2) is 5.69. The predicted octanol–water partition coefficient (Wildman–Crippen LogP) is 3.10. The lowest BCUT2D eigenvalue weighted by atomic mass is 9.97. The van der Waals surface area contributed by atoms with Crippen LogP contribution in [0.3, 0.4) is 0 Å². The molecule has 0 saturated heterocycles. The number of nitrogen functional groups attached to an aromatic ring is 1. The van der Waals surface area contributed by atoms with Crippen molar-refractivity contribution in [3.63, 3.8) is 0 Å². The molecule has 0 aliphatic rings. The molecule has 0 spiro atoms. The Bertz CT molecular complexity index is 643. The van der Waals surface area contributed by atoms with Crippen LogP contribution in [0.2, 0.25) is 0 Å². The lowest BCUT2D eigenvalue weighted by molar-refractivity contribution is -0.139. The van der Waals surface area contributed by atoms with E-state index >= 15 is 0 Å². The van der Waals surface area contributed by atoms with Gasteiger partial charge in [-0.3, -0.25) is 0 Å². The van der Waals surface area contributed by atoms with Gasteiger partial charge in [-0.1, -0.05) is 12.1 Å². The minimum atomic E-state index is -4.75. The molecule has 2 aromatic rings. The van der Waals surface area contributed by atoms with Crippen molar-refractivity contribution in [2.45, 2.75) is 18.7 Å². The summed E-state index contributed by atoms with van der Waals surface area (Å²) >= 11 is 0. The Morgan fingerprint density at radius 1 is 1.24 bits per heavy atom. The van der Waals surface area contributed by atoms with Gasteiger partial charge in [-0.15, -0.1) is 0 Å². The van der Waals surface area contributed by atoms with Crippen LogP contribution in [0.5, 0.6) is 0 Å². The summed E-state index contributed by atoms with van der Waals surface area (Å²) in [5, 5.41) is 10.0. The fourth-order valence-corrected chi connectivity index (χ4v) is 2.01. The zero-order valence-electron chi connectivity index (χ0n) is 10.7. The number of hydrogen-bond donors (Lipinski definition) is 2. The van der Waals surface area contributed by atoms with Gasteiger partial charge >= 0.3 is 6.18 Å². The van der Waals surface area contributed by atoms with Gasteiger partial charge in [0.25, 0.3) is 0 Å². The van der Waals surface area contributed by atoms with Gasteiger partial charge in [-0.2, -0.15) is 13.2 Å². The van der Waals surface area contributed by atoms with Gasteiger partial charge in [0.15, 0.2) is 0 Å². The molecule has 0 aliphatic heterocycles. The van der Waals surface area contributed by atoms with Gasteiger partial charge in [0.2, 0.25) is 0 Å². The molecule has 1 unspecified atom stereocenters. The molecule has 0 bridgehead atoms. The maximum absolute atomic E-state index is 13.0. The van der Waals surface area contributed by atoms with E-state index in [-0.39, 0.29) is 12.2 Å². The summed E-state index contributed by atoms with van der Waals surface area (Å²) in [6.07, 6.45) is -4.92. The molecule has 1 aromatic heterocycles. The third kappa shape index (κ3) is 3.49. The van der Waals surface area contributed by atoms with E-state index in [9.17, 15) is 22.7 Å². The lowest BCUT2D eigenvalue weighted by Crippen LogP contribution is -2.14. The van der Waals surface area contributed by atoms with Crippen LogP contribution >= 0.6 is 0 Å². The zero-order valence-corrected chi connectivity index (χ0v) is 10.7. The van der Waals surface area contributed by atoms with Gasteiger partial charge < -0.3 is 10.8 Å². The number of aliphatic hydroxyl groups is 1. The lowest BCUT2D eigenvalue weighted by Gasteiger charge is -2.18. The fraction of sp³-hybridized carbons (Fsp3) is 0.214. The summed E-state index contributed by atoms with van der Waals surface area (Å²) in [6, 6.07) is 5.29. The third-order valence-corrected chi connectivity index (χ3v) is 3.02. The standard InChI is InChI=1S/C14H12F4N2O/c15-9-3-4-10(11(7-9)14(16,17)18)12(21)6-8-2-1-5-20-13(8)19/h1-5,7,12,21H,6H2,(H2,19,20). The predicted molar refractivity (Wildman–Crippen MR) is 68.7 cm³/mol. The first-order chi connectivity index (χ1) is 9.79. The SMILES string of the molecule is Nc1ncccc1CC(O)c1ccc(F)cc1C(F)(F)F. The summed E-state index contributed by atoms with van der Waals surface area (Å²) in [5.41, 5.74) is 4.42. The molecule has 0 fully saturated rings. The van der Waals surface area contributed by atoms with Crippen molar-refractivity contribution >= 4 is 5.82 Å². The number of alkyl halides is 3. The highest BCUT2D eigenvalue weighted by molar-refractivity contribution is 5.40. The van der Waals surface area contributed by atoms with Crippen molar-refractivity contribution < 1.29 is 22.7 Å². The third-order valence-electron chi connectivity index (χ3n) is 3.02. The molecule has 1 heterocycles. The van der Waals surface area contributed by atoms with Crippen LogP contribution in [0.4, 0.5) is 23.4 Å². The number of aliphatic hydroxyl groups excluding tert-OH is 1. The Labute approximate surface area is 118 Å². The quantitative estimate of drug-likeness (QED) is 0.856. The minimum Gasteiger partial charge on any atom is -0.388 e. The zero-order chi connectivity index (χ0) is 15.6. The molecular weight excluding hydrogens is 288 g/mol. The van der Waals surface area contributed by atoms with Crippen molar-refractivity contribution in [3.05, 3.63) is 59.0 Å². The van der Waals surface area contributed by atoms with Gasteiger partial charge in [0, 0.05) is 12.6 Å². The summed E-state index contributed by atoms with van der Waals surface area (Å²) < 4.78 is 51.7. The van der Waals surface area contributed by atoms with E-state index in [1.165, 1.54) is 6.20 Å². The largest absolute Gasteiger partial charge is 0.416 e. The molecule has 2 rings (SSSR count). The van der Waals surface area contributed by atoms with Gasteiger partial charge in [-0.05, 0) is 29.3 Å². The fourth-order valence-electron chi connectivity index (χ4n) is 2.01. The molecular formula is C14H12F4N2O. The van der Waals surface area contributed by atoms with E-state index in [1.54, 1.807) is 12.1 Å². The number of benzene rings is 1. The Kier molecular flexibility index (Phi) is 4.13. The van der Waals surface area contributed by atoms with E-state index < -0.39 is 29.2 Å².